The number of anilines is 3. The van der Waals surface area contributed by atoms with E-state index in [-0.39, 0.29) is 11.0 Å². The molecule has 2 aromatic carbocycles. The van der Waals surface area contributed by atoms with Crippen molar-refractivity contribution in [3.8, 4) is 5.75 Å². The molecule has 3 rings (SSSR count). The molecule has 0 unspecified atom stereocenters. The number of nitrogens with zero attached hydrogens (tertiary/aromatic N) is 3. The van der Waals surface area contributed by atoms with Crippen molar-refractivity contribution < 1.29 is 5.11 Å². The Kier molecular flexibility index (Phi) is 5.08. The number of aromatic nitrogens is 3. The fraction of sp³-hybridized carbons (Fsp3) is 0.118. The predicted molar refractivity (Wildman–Crippen MR) is 94.9 cm³/mol. The van der Waals surface area contributed by atoms with Gasteiger partial charge in [-0.3, -0.25) is 0 Å². The maximum absolute atomic E-state index is 9.28. The minimum absolute atomic E-state index is 0.121. The van der Waals surface area contributed by atoms with Gasteiger partial charge in [-0.1, -0.05) is 30.3 Å². The smallest absolute Gasteiger partial charge is 0.233 e. The number of nitrogens with one attached hydrogen (secondary N) is 2. The van der Waals surface area contributed by atoms with Crippen LogP contribution < -0.4 is 10.6 Å². The van der Waals surface area contributed by atoms with Gasteiger partial charge in [-0.25, -0.2) is 0 Å². The highest BCUT2D eigenvalue weighted by Crippen LogP contribution is 2.15. The van der Waals surface area contributed by atoms with Crippen LogP contribution in [0.1, 0.15) is 5.56 Å². The molecule has 6 nitrogen and oxygen atoms in total. The van der Waals surface area contributed by atoms with Gasteiger partial charge in [-0.15, -0.1) is 0 Å². The van der Waals surface area contributed by atoms with Gasteiger partial charge in [-0.2, -0.15) is 15.0 Å². The van der Waals surface area contributed by atoms with E-state index in [0.717, 1.165) is 17.7 Å². The van der Waals surface area contributed by atoms with Crippen molar-refractivity contribution in [2.24, 2.45) is 0 Å². The van der Waals surface area contributed by atoms with Gasteiger partial charge in [0.25, 0.3) is 0 Å². The van der Waals surface area contributed by atoms with E-state index in [9.17, 15) is 5.11 Å². The lowest BCUT2D eigenvalue weighted by Crippen LogP contribution is -2.10. The van der Waals surface area contributed by atoms with E-state index in [1.54, 1.807) is 12.1 Å². The van der Waals surface area contributed by atoms with Crippen molar-refractivity contribution >= 4 is 29.2 Å². The van der Waals surface area contributed by atoms with E-state index in [1.807, 2.05) is 42.5 Å². The van der Waals surface area contributed by atoms with E-state index in [0.29, 0.717) is 18.4 Å². The zero-order valence-corrected chi connectivity index (χ0v) is 13.5. The van der Waals surface area contributed by atoms with Gasteiger partial charge in [-0.05, 0) is 47.9 Å². The molecule has 0 bridgehead atoms. The molecule has 0 fully saturated rings. The van der Waals surface area contributed by atoms with Crippen LogP contribution in [0.25, 0.3) is 0 Å². The number of para-hydroxylation sites is 1. The summed E-state index contributed by atoms with van der Waals surface area (Å²) < 4.78 is 0. The summed E-state index contributed by atoms with van der Waals surface area (Å²) in [6.07, 6.45) is 0.769. The molecular weight excluding hydrogens is 326 g/mol. The first-order valence-corrected chi connectivity index (χ1v) is 7.82. The molecular formula is C17H16ClN5O. The summed E-state index contributed by atoms with van der Waals surface area (Å²) in [4.78, 5) is 12.4. The van der Waals surface area contributed by atoms with Crippen LogP contribution in [0, 0.1) is 0 Å². The van der Waals surface area contributed by atoms with Crippen LogP contribution in [-0.2, 0) is 6.42 Å². The molecule has 0 aliphatic carbocycles. The van der Waals surface area contributed by atoms with Crippen LogP contribution in [0.15, 0.2) is 54.6 Å². The summed E-state index contributed by atoms with van der Waals surface area (Å²) >= 11 is 5.96. The highest BCUT2D eigenvalue weighted by Gasteiger charge is 2.05. The summed E-state index contributed by atoms with van der Waals surface area (Å²) in [5.74, 6) is 1.05. The monoisotopic (exact) mass is 341 g/mol. The highest BCUT2D eigenvalue weighted by molar-refractivity contribution is 6.28. The Bertz CT molecular complexity index is 796. The van der Waals surface area contributed by atoms with E-state index in [1.165, 1.54) is 0 Å². The van der Waals surface area contributed by atoms with Gasteiger partial charge < -0.3 is 15.7 Å². The molecule has 122 valence electrons. The number of phenols is 1. The fourth-order valence-electron chi connectivity index (χ4n) is 2.12. The quantitative estimate of drug-likeness (QED) is 0.635. The van der Waals surface area contributed by atoms with Gasteiger partial charge in [0.2, 0.25) is 17.2 Å². The highest BCUT2D eigenvalue weighted by atomic mass is 35.5. The number of hydrogen-bond donors (Lipinski definition) is 3. The lowest BCUT2D eigenvalue weighted by molar-refractivity contribution is 0.475. The zero-order valence-electron chi connectivity index (χ0n) is 12.8. The van der Waals surface area contributed by atoms with Crippen molar-refractivity contribution in [1.29, 1.82) is 0 Å². The standard InChI is InChI=1S/C17H16ClN5O/c18-15-21-16(19-11-10-12-6-8-14(24)9-7-12)23-17(22-15)20-13-4-2-1-3-5-13/h1-9,24H,10-11H2,(H2,19,20,21,22,23). The molecule has 0 aliphatic rings. The second-order valence-corrected chi connectivity index (χ2v) is 5.42. The van der Waals surface area contributed by atoms with Crippen LogP contribution in [0.5, 0.6) is 5.75 Å². The maximum Gasteiger partial charge on any atom is 0.233 e. The Morgan fingerprint density at radius 1 is 0.875 bits per heavy atom. The van der Waals surface area contributed by atoms with Gasteiger partial charge >= 0.3 is 0 Å². The summed E-state index contributed by atoms with van der Waals surface area (Å²) in [5.41, 5.74) is 1.97. The number of phenolic OH excluding ortho intramolecular Hbond substituents is 1. The van der Waals surface area contributed by atoms with Crippen LogP contribution in [0.2, 0.25) is 5.28 Å². The molecule has 0 saturated carbocycles. The number of hydrogen-bond acceptors (Lipinski definition) is 6. The van der Waals surface area contributed by atoms with Gasteiger partial charge in [0.15, 0.2) is 0 Å². The fourth-order valence-corrected chi connectivity index (χ4v) is 2.28. The Labute approximate surface area is 144 Å². The van der Waals surface area contributed by atoms with Crippen molar-refractivity contribution in [2.75, 3.05) is 17.2 Å². The third-order valence-electron chi connectivity index (χ3n) is 3.27. The first-order valence-electron chi connectivity index (χ1n) is 7.44. The van der Waals surface area contributed by atoms with Crippen LogP contribution in [0.4, 0.5) is 17.6 Å². The molecule has 0 radical (unpaired) electrons. The summed E-state index contributed by atoms with van der Waals surface area (Å²) in [6, 6.07) is 16.7. The number of rotatable bonds is 6. The molecule has 0 amide bonds. The Morgan fingerprint density at radius 3 is 2.33 bits per heavy atom. The van der Waals surface area contributed by atoms with Gasteiger partial charge in [0.1, 0.15) is 5.75 Å². The van der Waals surface area contributed by atoms with Crippen LogP contribution >= 0.6 is 11.6 Å². The molecule has 24 heavy (non-hydrogen) atoms. The summed E-state index contributed by atoms with van der Waals surface area (Å²) in [5, 5.41) is 15.6. The number of benzene rings is 2. The SMILES string of the molecule is Oc1ccc(CCNc2nc(Cl)nc(Nc3ccccc3)n2)cc1. The van der Waals surface area contributed by atoms with Crippen molar-refractivity contribution in [3.63, 3.8) is 0 Å². The molecule has 1 heterocycles. The van der Waals surface area contributed by atoms with Gasteiger partial charge in [0.05, 0.1) is 0 Å². The topological polar surface area (TPSA) is 83.0 Å². The lowest BCUT2D eigenvalue weighted by atomic mass is 10.1. The molecule has 0 spiro atoms. The average Bonchev–Trinajstić information content (AvgIpc) is 2.57. The van der Waals surface area contributed by atoms with E-state index >= 15 is 0 Å². The van der Waals surface area contributed by atoms with Crippen LogP contribution in [0.3, 0.4) is 0 Å². The summed E-state index contributed by atoms with van der Waals surface area (Å²) in [7, 11) is 0. The molecule has 3 aromatic rings. The second kappa shape index (κ2) is 7.61. The van der Waals surface area contributed by atoms with E-state index in [2.05, 4.69) is 25.6 Å². The third-order valence-corrected chi connectivity index (χ3v) is 3.44. The Morgan fingerprint density at radius 2 is 1.58 bits per heavy atom. The predicted octanol–water partition coefficient (Wildman–Crippen LogP) is 3.63. The summed E-state index contributed by atoms with van der Waals surface area (Å²) in [6.45, 7) is 0.635. The molecule has 3 N–H and O–H groups in total. The molecule has 7 heteroatoms. The van der Waals surface area contributed by atoms with E-state index in [4.69, 9.17) is 11.6 Å². The average molecular weight is 342 g/mol. The molecule has 1 aromatic heterocycles. The Hall–Kier alpha value is -2.86. The largest absolute Gasteiger partial charge is 0.508 e. The number of halogens is 1. The van der Waals surface area contributed by atoms with Gasteiger partial charge in [0, 0.05) is 12.2 Å². The Balaban J connectivity index is 1.62. The molecule has 0 atom stereocenters. The molecule has 0 aliphatic heterocycles. The first kappa shape index (κ1) is 16.0. The maximum atomic E-state index is 9.28. The lowest BCUT2D eigenvalue weighted by Gasteiger charge is -2.08. The minimum Gasteiger partial charge on any atom is -0.508 e. The van der Waals surface area contributed by atoms with Crippen LogP contribution in [-0.4, -0.2) is 26.6 Å². The van der Waals surface area contributed by atoms with Crippen molar-refractivity contribution in [1.82, 2.24) is 15.0 Å². The van der Waals surface area contributed by atoms with Crippen molar-refractivity contribution in [3.05, 3.63) is 65.4 Å². The number of aromatic hydroxyl groups is 1. The van der Waals surface area contributed by atoms with Crippen molar-refractivity contribution in [2.45, 2.75) is 6.42 Å². The van der Waals surface area contributed by atoms with E-state index < -0.39 is 0 Å². The normalized spacial score (nSPS) is 10.4. The zero-order chi connectivity index (χ0) is 16.8. The third kappa shape index (κ3) is 4.57. The minimum atomic E-state index is 0.121. The second-order valence-electron chi connectivity index (χ2n) is 5.09. The first-order chi connectivity index (χ1) is 11.7. The molecule has 0 saturated heterocycles.